The summed E-state index contributed by atoms with van der Waals surface area (Å²) in [6.07, 6.45) is 5.39. The molecule has 0 aromatic heterocycles. The number of alkyl halides is 1. The molecule has 0 saturated carbocycles. The molecule has 4 nitrogen and oxygen atoms in total. The molecule has 0 aliphatic heterocycles. The summed E-state index contributed by atoms with van der Waals surface area (Å²) in [6.45, 7) is 5.62. The van der Waals surface area contributed by atoms with Crippen molar-refractivity contribution in [2.24, 2.45) is 0 Å². The van der Waals surface area contributed by atoms with Gasteiger partial charge in [0.1, 0.15) is 11.6 Å². The monoisotopic (exact) mass is 275 g/mol. The molecule has 5 heteroatoms. The molecule has 0 saturated heterocycles. The Morgan fingerprint density at radius 2 is 2.00 bits per heavy atom. The van der Waals surface area contributed by atoms with Gasteiger partial charge in [0, 0.05) is 0 Å². The summed E-state index contributed by atoms with van der Waals surface area (Å²) in [5.74, 6) is -1.10. The average molecular weight is 276 g/mol. The Morgan fingerprint density at radius 1 is 1.33 bits per heavy atom. The van der Waals surface area contributed by atoms with Crippen LogP contribution in [0.3, 0.4) is 0 Å². The molecular weight excluding hydrogens is 254 g/mol. The number of ether oxygens (including phenoxy) is 1. The first-order valence-electron chi connectivity index (χ1n) is 6.28. The highest BCUT2D eigenvalue weighted by atomic mass is 35.5. The van der Waals surface area contributed by atoms with E-state index in [0.717, 1.165) is 25.7 Å². The van der Waals surface area contributed by atoms with E-state index >= 15 is 0 Å². The Bertz CT molecular complexity index is 301. The summed E-state index contributed by atoms with van der Waals surface area (Å²) >= 11 is 5.40. The van der Waals surface area contributed by atoms with Crippen LogP contribution in [-0.4, -0.2) is 23.9 Å². The zero-order valence-corrected chi connectivity index (χ0v) is 12.0. The number of unbranched alkanes of at least 4 members (excludes halogenated alkanes) is 3. The first-order valence-corrected chi connectivity index (χ1v) is 6.81. The maximum Gasteiger partial charge on any atom is 0.354 e. The normalized spacial score (nSPS) is 11.5. The Labute approximate surface area is 114 Å². The lowest BCUT2D eigenvalue weighted by molar-refractivity contribution is -0.143. The van der Waals surface area contributed by atoms with Gasteiger partial charge in [0.2, 0.25) is 5.91 Å². The van der Waals surface area contributed by atoms with Crippen LogP contribution in [0.4, 0.5) is 0 Å². The molecule has 104 valence electrons. The minimum absolute atomic E-state index is 0.179. The van der Waals surface area contributed by atoms with E-state index in [1.165, 1.54) is 0 Å². The van der Waals surface area contributed by atoms with Gasteiger partial charge in [-0.05, 0) is 26.7 Å². The smallest absolute Gasteiger partial charge is 0.354 e. The van der Waals surface area contributed by atoms with E-state index in [9.17, 15) is 9.59 Å². The zero-order valence-electron chi connectivity index (χ0n) is 11.3. The zero-order chi connectivity index (χ0) is 14.0. The second-order valence-corrected chi connectivity index (χ2v) is 4.52. The lowest BCUT2D eigenvalue weighted by Crippen LogP contribution is -2.30. The number of hydrogen-bond donors (Lipinski definition) is 1. The molecule has 0 fully saturated rings. The number of nitrogens with one attached hydrogen (secondary N) is 1. The molecule has 0 atom stereocenters. The van der Waals surface area contributed by atoms with Gasteiger partial charge < -0.3 is 10.1 Å². The van der Waals surface area contributed by atoms with Gasteiger partial charge in [-0.15, -0.1) is 11.6 Å². The number of allylic oxidation sites excluding steroid dienone is 1. The molecule has 0 unspecified atom stereocenters. The van der Waals surface area contributed by atoms with E-state index in [0.29, 0.717) is 0 Å². The highest BCUT2D eigenvalue weighted by Crippen LogP contribution is 2.05. The van der Waals surface area contributed by atoms with Crippen LogP contribution >= 0.6 is 11.6 Å². The minimum atomic E-state index is -0.514. The van der Waals surface area contributed by atoms with E-state index in [-0.39, 0.29) is 17.7 Å². The fourth-order valence-electron chi connectivity index (χ4n) is 1.29. The number of carbonyl (C=O) groups is 2. The van der Waals surface area contributed by atoms with Crippen molar-refractivity contribution in [3.05, 3.63) is 11.8 Å². The van der Waals surface area contributed by atoms with Crippen LogP contribution in [0.2, 0.25) is 0 Å². The number of carbonyl (C=O) groups excluding carboxylic acids is 2. The van der Waals surface area contributed by atoms with Crippen LogP contribution in [0, 0.1) is 0 Å². The van der Waals surface area contributed by atoms with Crippen molar-refractivity contribution >= 4 is 23.5 Å². The van der Waals surface area contributed by atoms with Gasteiger partial charge in [0.05, 0.1) is 6.10 Å². The summed E-state index contributed by atoms with van der Waals surface area (Å²) in [5, 5.41) is 2.46. The Hall–Kier alpha value is -1.03. The van der Waals surface area contributed by atoms with Crippen LogP contribution in [0.25, 0.3) is 0 Å². The van der Waals surface area contributed by atoms with Gasteiger partial charge in [-0.2, -0.15) is 0 Å². The van der Waals surface area contributed by atoms with E-state index in [4.69, 9.17) is 16.3 Å². The average Bonchev–Trinajstić information content (AvgIpc) is 2.31. The molecule has 0 aliphatic rings. The molecule has 1 N–H and O–H groups in total. The number of esters is 1. The predicted molar refractivity (Wildman–Crippen MR) is 72.3 cm³/mol. The maximum absolute atomic E-state index is 11.7. The summed E-state index contributed by atoms with van der Waals surface area (Å²) in [7, 11) is 0. The van der Waals surface area contributed by atoms with Crippen LogP contribution in [0.1, 0.15) is 46.5 Å². The van der Waals surface area contributed by atoms with Crippen molar-refractivity contribution in [1.29, 1.82) is 0 Å². The van der Waals surface area contributed by atoms with E-state index in [1.54, 1.807) is 19.9 Å². The summed E-state index contributed by atoms with van der Waals surface area (Å²) < 4.78 is 5.05. The standard InChI is InChI=1S/C13H22ClNO3/c1-4-5-6-7-8-11(15-12(16)9-14)13(17)18-10(2)3/h8,10H,4-7,9H2,1-3H3,(H,15,16). The quantitative estimate of drug-likeness (QED) is 0.321. The molecule has 0 rings (SSSR count). The minimum Gasteiger partial charge on any atom is -0.458 e. The second kappa shape index (κ2) is 9.95. The first-order chi connectivity index (χ1) is 8.51. The third-order valence-electron chi connectivity index (χ3n) is 2.11. The fraction of sp³-hybridized carbons (Fsp3) is 0.692. The Balaban J connectivity index is 4.49. The van der Waals surface area contributed by atoms with Crippen molar-refractivity contribution < 1.29 is 14.3 Å². The molecule has 0 heterocycles. The number of hydrogen-bond acceptors (Lipinski definition) is 3. The molecular formula is C13H22ClNO3. The van der Waals surface area contributed by atoms with E-state index in [1.807, 2.05) is 0 Å². The van der Waals surface area contributed by atoms with Gasteiger partial charge in [-0.25, -0.2) is 4.79 Å². The molecule has 18 heavy (non-hydrogen) atoms. The summed E-state index contributed by atoms with van der Waals surface area (Å²) in [4.78, 5) is 22.9. The van der Waals surface area contributed by atoms with Crippen molar-refractivity contribution in [3.63, 3.8) is 0 Å². The third kappa shape index (κ3) is 8.12. The highest BCUT2D eigenvalue weighted by molar-refractivity contribution is 6.27. The molecule has 0 aromatic rings. The second-order valence-electron chi connectivity index (χ2n) is 4.25. The lowest BCUT2D eigenvalue weighted by atomic mass is 10.2. The van der Waals surface area contributed by atoms with Crippen molar-refractivity contribution in [1.82, 2.24) is 5.32 Å². The molecule has 0 spiro atoms. The summed E-state index contributed by atoms with van der Waals surface area (Å²) in [6, 6.07) is 0. The number of halogens is 1. The van der Waals surface area contributed by atoms with E-state index < -0.39 is 11.9 Å². The van der Waals surface area contributed by atoms with Gasteiger partial charge >= 0.3 is 5.97 Å². The predicted octanol–water partition coefficient (Wildman–Crippen LogP) is 2.76. The number of rotatable bonds is 8. The van der Waals surface area contributed by atoms with Gasteiger partial charge in [0.15, 0.2) is 0 Å². The Kier molecular flexibility index (Phi) is 9.38. The van der Waals surface area contributed by atoms with Crippen molar-refractivity contribution in [3.8, 4) is 0 Å². The van der Waals surface area contributed by atoms with Gasteiger partial charge in [0.25, 0.3) is 0 Å². The maximum atomic E-state index is 11.7. The highest BCUT2D eigenvalue weighted by Gasteiger charge is 2.14. The van der Waals surface area contributed by atoms with Crippen LogP contribution in [0.15, 0.2) is 11.8 Å². The van der Waals surface area contributed by atoms with Crippen LogP contribution < -0.4 is 5.32 Å². The number of amides is 1. The first kappa shape index (κ1) is 17.0. The fourth-order valence-corrected chi connectivity index (χ4v) is 1.35. The molecule has 0 radical (unpaired) electrons. The SMILES string of the molecule is CCCCCC=C(NC(=O)CCl)C(=O)OC(C)C. The van der Waals surface area contributed by atoms with Gasteiger partial charge in [-0.3, -0.25) is 4.79 Å². The lowest BCUT2D eigenvalue weighted by Gasteiger charge is -2.11. The Morgan fingerprint density at radius 3 is 2.50 bits per heavy atom. The largest absolute Gasteiger partial charge is 0.458 e. The van der Waals surface area contributed by atoms with Crippen LogP contribution in [0.5, 0.6) is 0 Å². The molecule has 1 amide bonds. The van der Waals surface area contributed by atoms with Crippen molar-refractivity contribution in [2.45, 2.75) is 52.6 Å². The molecule has 0 aromatic carbocycles. The third-order valence-corrected chi connectivity index (χ3v) is 2.36. The van der Waals surface area contributed by atoms with Crippen molar-refractivity contribution in [2.75, 3.05) is 5.88 Å². The van der Waals surface area contributed by atoms with Gasteiger partial charge in [-0.1, -0.05) is 25.8 Å². The molecule has 0 bridgehead atoms. The molecule has 0 aliphatic carbocycles. The topological polar surface area (TPSA) is 55.4 Å². The van der Waals surface area contributed by atoms with E-state index in [2.05, 4.69) is 12.2 Å². The summed E-state index contributed by atoms with van der Waals surface area (Å²) in [5.41, 5.74) is 0.186. The van der Waals surface area contributed by atoms with Crippen LogP contribution in [-0.2, 0) is 14.3 Å².